The van der Waals surface area contributed by atoms with Gasteiger partial charge in [-0.1, -0.05) is 12.1 Å². The van der Waals surface area contributed by atoms with Crippen molar-refractivity contribution in [2.24, 2.45) is 5.84 Å². The molecule has 0 bridgehead atoms. The Balaban J connectivity index is 2.42. The van der Waals surface area contributed by atoms with E-state index in [2.05, 4.69) is 10.4 Å². The molecule has 94 valence electrons. The summed E-state index contributed by atoms with van der Waals surface area (Å²) < 4.78 is 5.16. The second-order valence-corrected chi connectivity index (χ2v) is 4.64. The predicted octanol–water partition coefficient (Wildman–Crippen LogP) is 1.73. The molecule has 5 nitrogen and oxygen atoms in total. The fraction of sp³-hybridized carbons (Fsp3) is 0.167. The number of aryl methyl sites for hydroxylation is 1. The molecule has 0 fully saturated rings. The Hall–Kier alpha value is -1.92. The van der Waals surface area contributed by atoms with Crippen LogP contribution in [0.15, 0.2) is 24.3 Å². The lowest BCUT2D eigenvalue weighted by Gasteiger charge is -2.00. The normalized spacial score (nSPS) is 10.2. The Labute approximate surface area is 109 Å². The molecule has 0 aliphatic carbocycles. The molecule has 18 heavy (non-hydrogen) atoms. The van der Waals surface area contributed by atoms with Crippen molar-refractivity contribution in [1.29, 1.82) is 0 Å². The highest BCUT2D eigenvalue weighted by Crippen LogP contribution is 2.29. The molecule has 6 heteroatoms. The molecule has 0 aliphatic heterocycles. The van der Waals surface area contributed by atoms with Gasteiger partial charge in [0.15, 0.2) is 0 Å². The first kappa shape index (κ1) is 12.5. The number of ether oxygens (including phenoxy) is 1. The maximum atomic E-state index is 11.5. The predicted molar refractivity (Wildman–Crippen MR) is 70.5 cm³/mol. The maximum absolute atomic E-state index is 11.5. The summed E-state index contributed by atoms with van der Waals surface area (Å²) in [6.45, 7) is 1.78. The highest BCUT2D eigenvalue weighted by molar-refractivity contribution is 7.17. The zero-order valence-electron chi connectivity index (χ0n) is 10.1. The molecule has 1 heterocycles. The van der Waals surface area contributed by atoms with Crippen LogP contribution in [0.5, 0.6) is 5.75 Å². The summed E-state index contributed by atoms with van der Waals surface area (Å²) in [6, 6.07) is 7.54. The second-order valence-electron chi connectivity index (χ2n) is 3.64. The number of amides is 1. The molecule has 0 atom stereocenters. The van der Waals surface area contributed by atoms with E-state index in [9.17, 15) is 4.79 Å². The first-order chi connectivity index (χ1) is 8.65. The van der Waals surface area contributed by atoms with Gasteiger partial charge in [-0.25, -0.2) is 10.8 Å². The number of rotatable bonds is 3. The quantitative estimate of drug-likeness (QED) is 0.502. The lowest BCUT2D eigenvalue weighted by Crippen LogP contribution is -2.29. The van der Waals surface area contributed by atoms with E-state index in [4.69, 9.17) is 10.6 Å². The molecule has 2 rings (SSSR count). The summed E-state index contributed by atoms with van der Waals surface area (Å²) in [5.74, 6) is 5.56. The first-order valence-electron chi connectivity index (χ1n) is 5.28. The zero-order chi connectivity index (χ0) is 13.1. The number of hydrogen-bond acceptors (Lipinski definition) is 5. The van der Waals surface area contributed by atoms with Crippen LogP contribution in [0.1, 0.15) is 15.4 Å². The third kappa shape index (κ3) is 2.34. The molecule has 0 saturated heterocycles. The van der Waals surface area contributed by atoms with Crippen molar-refractivity contribution in [3.05, 3.63) is 34.8 Å². The SMILES string of the molecule is COc1cccc(-c2nc(C)c(C(=O)NN)s2)c1. The third-order valence-corrected chi connectivity index (χ3v) is 3.66. The largest absolute Gasteiger partial charge is 0.497 e. The van der Waals surface area contributed by atoms with Crippen LogP contribution in [0.2, 0.25) is 0 Å². The molecular weight excluding hydrogens is 250 g/mol. The van der Waals surface area contributed by atoms with Crippen molar-refractivity contribution < 1.29 is 9.53 Å². The highest BCUT2D eigenvalue weighted by Gasteiger charge is 2.15. The fourth-order valence-electron chi connectivity index (χ4n) is 1.55. The van der Waals surface area contributed by atoms with Gasteiger partial charge in [0.05, 0.1) is 12.8 Å². The van der Waals surface area contributed by atoms with Crippen molar-refractivity contribution in [2.75, 3.05) is 7.11 Å². The summed E-state index contributed by atoms with van der Waals surface area (Å²) in [6.07, 6.45) is 0. The Bertz CT molecular complexity index is 580. The van der Waals surface area contributed by atoms with Gasteiger partial charge in [-0.05, 0) is 19.1 Å². The number of hydrazine groups is 1. The van der Waals surface area contributed by atoms with Crippen LogP contribution in [0, 0.1) is 6.92 Å². The van der Waals surface area contributed by atoms with E-state index in [0.717, 1.165) is 16.3 Å². The number of nitrogens with zero attached hydrogens (tertiary/aromatic N) is 1. The van der Waals surface area contributed by atoms with Gasteiger partial charge < -0.3 is 4.74 Å². The minimum Gasteiger partial charge on any atom is -0.497 e. The summed E-state index contributed by atoms with van der Waals surface area (Å²) in [5.41, 5.74) is 3.70. The second kappa shape index (κ2) is 5.16. The van der Waals surface area contributed by atoms with Crippen LogP contribution < -0.4 is 16.0 Å². The van der Waals surface area contributed by atoms with Crippen LogP contribution in [-0.4, -0.2) is 18.0 Å². The molecule has 1 aromatic carbocycles. The van der Waals surface area contributed by atoms with Gasteiger partial charge in [-0.2, -0.15) is 0 Å². The number of methoxy groups -OCH3 is 1. The minimum atomic E-state index is -0.320. The van der Waals surface area contributed by atoms with Crippen molar-refractivity contribution in [2.45, 2.75) is 6.92 Å². The molecule has 2 aromatic rings. The van der Waals surface area contributed by atoms with Gasteiger partial charge in [-0.3, -0.25) is 10.2 Å². The topological polar surface area (TPSA) is 77.2 Å². The highest BCUT2D eigenvalue weighted by atomic mass is 32.1. The van der Waals surface area contributed by atoms with E-state index < -0.39 is 0 Å². The molecule has 3 N–H and O–H groups in total. The molecule has 1 aromatic heterocycles. The average Bonchev–Trinajstić information content (AvgIpc) is 2.80. The summed E-state index contributed by atoms with van der Waals surface area (Å²) in [5, 5.41) is 0.769. The molecule has 0 aliphatic rings. The van der Waals surface area contributed by atoms with Gasteiger partial charge in [0.25, 0.3) is 5.91 Å². The first-order valence-corrected chi connectivity index (χ1v) is 6.10. The summed E-state index contributed by atoms with van der Waals surface area (Å²) in [7, 11) is 1.61. The van der Waals surface area contributed by atoms with Gasteiger partial charge in [0, 0.05) is 5.56 Å². The number of carbonyl (C=O) groups is 1. The van der Waals surface area contributed by atoms with Crippen LogP contribution in [0.4, 0.5) is 0 Å². The fourth-order valence-corrected chi connectivity index (χ4v) is 2.52. The van der Waals surface area contributed by atoms with Gasteiger partial charge in [-0.15, -0.1) is 11.3 Å². The number of nitrogens with one attached hydrogen (secondary N) is 1. The zero-order valence-corrected chi connectivity index (χ0v) is 10.9. The standard InChI is InChI=1S/C12H13N3O2S/c1-7-10(11(16)15-13)18-12(14-7)8-4-3-5-9(6-8)17-2/h3-6H,13H2,1-2H3,(H,15,16). The molecule has 0 saturated carbocycles. The van der Waals surface area contributed by atoms with Crippen LogP contribution in [-0.2, 0) is 0 Å². The van der Waals surface area contributed by atoms with Crippen molar-refractivity contribution in [3.8, 4) is 16.3 Å². The Morgan fingerprint density at radius 2 is 2.28 bits per heavy atom. The van der Waals surface area contributed by atoms with Crippen molar-refractivity contribution in [3.63, 3.8) is 0 Å². The minimum absolute atomic E-state index is 0.320. The number of hydrogen-bond donors (Lipinski definition) is 2. The summed E-state index contributed by atoms with van der Waals surface area (Å²) in [4.78, 5) is 16.4. The lowest BCUT2D eigenvalue weighted by molar-refractivity contribution is 0.0957. The number of nitrogen functional groups attached to an aromatic ring is 1. The third-order valence-electron chi connectivity index (χ3n) is 2.45. The van der Waals surface area contributed by atoms with Crippen LogP contribution in [0.3, 0.4) is 0 Å². The number of benzene rings is 1. The van der Waals surface area contributed by atoms with Gasteiger partial charge >= 0.3 is 0 Å². The molecule has 0 spiro atoms. The number of carbonyl (C=O) groups excluding carboxylic acids is 1. The Kier molecular flexibility index (Phi) is 3.59. The van der Waals surface area contributed by atoms with E-state index in [1.165, 1.54) is 11.3 Å². The number of nitrogens with two attached hydrogens (primary N) is 1. The average molecular weight is 263 g/mol. The smallest absolute Gasteiger partial charge is 0.277 e. The maximum Gasteiger partial charge on any atom is 0.277 e. The van der Waals surface area contributed by atoms with Gasteiger partial charge in [0.1, 0.15) is 15.6 Å². The van der Waals surface area contributed by atoms with Crippen molar-refractivity contribution in [1.82, 2.24) is 10.4 Å². The van der Waals surface area contributed by atoms with E-state index in [1.54, 1.807) is 14.0 Å². The van der Waals surface area contributed by atoms with E-state index in [1.807, 2.05) is 24.3 Å². The lowest BCUT2D eigenvalue weighted by atomic mass is 10.2. The Morgan fingerprint density at radius 3 is 2.94 bits per heavy atom. The molecule has 1 amide bonds. The number of aromatic nitrogens is 1. The van der Waals surface area contributed by atoms with Gasteiger partial charge in [0.2, 0.25) is 0 Å². The molecule has 0 radical (unpaired) electrons. The van der Waals surface area contributed by atoms with E-state index >= 15 is 0 Å². The molecular formula is C12H13N3O2S. The molecule has 0 unspecified atom stereocenters. The van der Waals surface area contributed by atoms with Crippen LogP contribution in [0.25, 0.3) is 10.6 Å². The monoisotopic (exact) mass is 263 g/mol. The van der Waals surface area contributed by atoms with E-state index in [0.29, 0.717) is 10.6 Å². The van der Waals surface area contributed by atoms with E-state index in [-0.39, 0.29) is 5.91 Å². The van der Waals surface area contributed by atoms with Crippen molar-refractivity contribution >= 4 is 17.2 Å². The van der Waals surface area contributed by atoms with Crippen LogP contribution >= 0.6 is 11.3 Å². The Morgan fingerprint density at radius 1 is 1.50 bits per heavy atom. The number of thiazole rings is 1. The summed E-state index contributed by atoms with van der Waals surface area (Å²) >= 11 is 1.31.